The highest BCUT2D eigenvalue weighted by Gasteiger charge is 2.36. The van der Waals surface area contributed by atoms with Crippen molar-refractivity contribution >= 4 is 11.7 Å². The van der Waals surface area contributed by atoms with Crippen LogP contribution in [0, 0.1) is 12.8 Å². The van der Waals surface area contributed by atoms with Crippen molar-refractivity contribution in [2.75, 3.05) is 33.2 Å². The predicted octanol–water partition coefficient (Wildman–Crippen LogP) is 2.45. The molecule has 6 heteroatoms. The van der Waals surface area contributed by atoms with E-state index in [9.17, 15) is 9.59 Å². The van der Waals surface area contributed by atoms with Gasteiger partial charge in [-0.3, -0.25) is 14.6 Å². The molecule has 1 unspecified atom stereocenters. The Morgan fingerprint density at radius 2 is 1.93 bits per heavy atom. The Labute approximate surface area is 161 Å². The van der Waals surface area contributed by atoms with Gasteiger partial charge < -0.3 is 14.5 Å². The van der Waals surface area contributed by atoms with Crippen LogP contribution in [0.2, 0.25) is 0 Å². The van der Waals surface area contributed by atoms with Crippen LogP contribution in [0.1, 0.15) is 44.2 Å². The molecule has 3 aliphatic rings. The van der Waals surface area contributed by atoms with E-state index in [1.807, 2.05) is 24.0 Å². The van der Waals surface area contributed by atoms with Gasteiger partial charge in [-0.05, 0) is 58.8 Å². The van der Waals surface area contributed by atoms with Crippen LogP contribution in [0.15, 0.2) is 18.3 Å². The molecule has 0 N–H and O–H groups in total. The molecular formula is C21H31N3O3. The third kappa shape index (κ3) is 5.76. The number of ether oxygens (including phenoxy) is 1. The maximum absolute atomic E-state index is 12.5. The Kier molecular flexibility index (Phi) is 6.83. The third-order valence-electron chi connectivity index (χ3n) is 5.54. The Morgan fingerprint density at radius 3 is 2.56 bits per heavy atom. The third-order valence-corrected chi connectivity index (χ3v) is 5.54. The molecule has 3 heterocycles. The van der Waals surface area contributed by atoms with Crippen molar-refractivity contribution < 1.29 is 14.3 Å². The second-order valence-corrected chi connectivity index (χ2v) is 7.94. The number of carbonyl (C=O) groups is 2. The molecule has 1 aromatic rings. The lowest BCUT2D eigenvalue weighted by atomic mass is 9.97. The Morgan fingerprint density at radius 1 is 1.19 bits per heavy atom. The highest BCUT2D eigenvalue weighted by Crippen LogP contribution is 2.24. The zero-order valence-electron chi connectivity index (χ0n) is 16.5. The molecule has 1 saturated carbocycles. The van der Waals surface area contributed by atoms with E-state index in [4.69, 9.17) is 4.74 Å². The summed E-state index contributed by atoms with van der Waals surface area (Å²) in [5, 5.41) is 0. The zero-order chi connectivity index (χ0) is 19.2. The normalized spacial score (nSPS) is 23.4. The first kappa shape index (κ1) is 19.8. The van der Waals surface area contributed by atoms with Crippen molar-refractivity contribution in [3.63, 3.8) is 0 Å². The predicted molar refractivity (Wildman–Crippen MR) is 104 cm³/mol. The minimum absolute atomic E-state index is 0.124. The number of pyridine rings is 1. The second-order valence-electron chi connectivity index (χ2n) is 7.94. The maximum atomic E-state index is 12.5. The molecule has 6 nitrogen and oxygen atoms in total. The number of Topliss-reactive ketones (excluding diaryl/α,β-unsaturated/α-hetero) is 1. The Balaban J connectivity index is 0.000000364. The number of rotatable bonds is 3. The van der Waals surface area contributed by atoms with Crippen molar-refractivity contribution in [1.82, 2.24) is 14.8 Å². The van der Waals surface area contributed by atoms with Crippen molar-refractivity contribution in [3.05, 3.63) is 24.0 Å². The molecule has 0 spiro atoms. The first-order chi connectivity index (χ1) is 13.0. The number of carbonyl (C=O) groups excluding carboxylic acids is 2. The molecule has 0 aromatic carbocycles. The molecule has 1 amide bonds. The van der Waals surface area contributed by atoms with Crippen LogP contribution < -0.4 is 4.74 Å². The molecule has 0 bridgehead atoms. The number of aryl methyl sites for hydroxylation is 1. The number of amides is 1. The van der Waals surface area contributed by atoms with Gasteiger partial charge in [-0.2, -0.15) is 0 Å². The van der Waals surface area contributed by atoms with E-state index in [0.29, 0.717) is 24.8 Å². The molecule has 3 fully saturated rings. The Bertz CT molecular complexity index is 652. The first-order valence-electron chi connectivity index (χ1n) is 10.1. The van der Waals surface area contributed by atoms with E-state index < -0.39 is 0 Å². The van der Waals surface area contributed by atoms with Crippen LogP contribution >= 0.6 is 0 Å². The molecule has 1 atom stereocenters. The summed E-state index contributed by atoms with van der Waals surface area (Å²) in [5.41, 5.74) is 0.951. The van der Waals surface area contributed by atoms with E-state index in [2.05, 4.69) is 16.9 Å². The summed E-state index contributed by atoms with van der Waals surface area (Å²) in [5.74, 6) is 1.81. The average molecular weight is 373 g/mol. The van der Waals surface area contributed by atoms with Gasteiger partial charge in [0.2, 0.25) is 5.91 Å². The first-order valence-corrected chi connectivity index (χ1v) is 10.1. The standard InChI is InChI=1S/C17H25N3O2.C4H6O/c1-13-10-15(5-7-18-13)22-16-11-20(12-16)17(21)14-4-3-8-19(2)9-6-14;5-4-2-1-3-4/h5,7,10,14,16H,3-4,6,8-9,11-12H2,1-2H3;1-3H2. The lowest BCUT2D eigenvalue weighted by Crippen LogP contribution is -2.57. The maximum Gasteiger partial charge on any atom is 0.225 e. The van der Waals surface area contributed by atoms with Crippen LogP contribution in [0.5, 0.6) is 5.75 Å². The van der Waals surface area contributed by atoms with Crippen molar-refractivity contribution in [3.8, 4) is 5.75 Å². The van der Waals surface area contributed by atoms with E-state index in [1.54, 1.807) is 6.20 Å². The van der Waals surface area contributed by atoms with Gasteiger partial charge in [0.15, 0.2) is 0 Å². The highest BCUT2D eigenvalue weighted by molar-refractivity contribution is 5.83. The minimum Gasteiger partial charge on any atom is -0.487 e. The minimum atomic E-state index is 0.124. The summed E-state index contributed by atoms with van der Waals surface area (Å²) in [7, 11) is 2.14. The monoisotopic (exact) mass is 373 g/mol. The lowest BCUT2D eigenvalue weighted by Gasteiger charge is -2.40. The van der Waals surface area contributed by atoms with Crippen LogP contribution in [-0.2, 0) is 9.59 Å². The average Bonchev–Trinajstić information content (AvgIpc) is 2.81. The van der Waals surface area contributed by atoms with Gasteiger partial charge >= 0.3 is 0 Å². The summed E-state index contributed by atoms with van der Waals surface area (Å²) in [6, 6.07) is 3.81. The molecule has 1 aliphatic carbocycles. The van der Waals surface area contributed by atoms with Gasteiger partial charge in [0, 0.05) is 36.7 Å². The summed E-state index contributed by atoms with van der Waals surface area (Å²) < 4.78 is 5.90. The largest absolute Gasteiger partial charge is 0.487 e. The fraction of sp³-hybridized carbons (Fsp3) is 0.667. The van der Waals surface area contributed by atoms with E-state index in [0.717, 1.165) is 63.1 Å². The molecule has 27 heavy (non-hydrogen) atoms. The molecule has 1 aromatic heterocycles. The molecule has 2 aliphatic heterocycles. The van der Waals surface area contributed by atoms with Crippen LogP contribution in [0.25, 0.3) is 0 Å². The van der Waals surface area contributed by atoms with Crippen molar-refractivity contribution in [2.24, 2.45) is 5.92 Å². The number of nitrogens with zero attached hydrogens (tertiary/aromatic N) is 3. The zero-order valence-corrected chi connectivity index (χ0v) is 16.5. The lowest BCUT2D eigenvalue weighted by molar-refractivity contribution is -0.144. The molecule has 2 saturated heterocycles. The fourth-order valence-corrected chi connectivity index (χ4v) is 3.54. The van der Waals surface area contributed by atoms with Gasteiger partial charge in [0.25, 0.3) is 0 Å². The van der Waals surface area contributed by atoms with E-state index in [1.165, 1.54) is 0 Å². The number of hydrogen-bond donors (Lipinski definition) is 0. The van der Waals surface area contributed by atoms with Gasteiger partial charge in [-0.15, -0.1) is 0 Å². The van der Waals surface area contributed by atoms with Gasteiger partial charge in [-0.1, -0.05) is 0 Å². The van der Waals surface area contributed by atoms with E-state index in [-0.39, 0.29) is 12.0 Å². The number of likely N-dealkylation sites (tertiary alicyclic amines) is 2. The van der Waals surface area contributed by atoms with Crippen LogP contribution in [0.3, 0.4) is 0 Å². The fourth-order valence-electron chi connectivity index (χ4n) is 3.54. The van der Waals surface area contributed by atoms with Gasteiger partial charge in [-0.25, -0.2) is 0 Å². The summed E-state index contributed by atoms with van der Waals surface area (Å²) in [6.07, 6.45) is 7.85. The smallest absolute Gasteiger partial charge is 0.225 e. The van der Waals surface area contributed by atoms with Crippen LogP contribution in [-0.4, -0.2) is 65.8 Å². The Hall–Kier alpha value is -1.95. The molecule has 4 rings (SSSR count). The molecule has 148 valence electrons. The van der Waals surface area contributed by atoms with Gasteiger partial charge in [0.1, 0.15) is 17.6 Å². The molecule has 0 radical (unpaired) electrons. The summed E-state index contributed by atoms with van der Waals surface area (Å²) >= 11 is 0. The van der Waals surface area contributed by atoms with Gasteiger partial charge in [0.05, 0.1) is 13.1 Å². The second kappa shape index (κ2) is 9.31. The topological polar surface area (TPSA) is 62.7 Å². The SMILES string of the molecule is Cc1cc(OC2CN(C(=O)C3CCCN(C)CC3)C2)ccn1.O=C1CCC1. The quantitative estimate of drug-likeness (QED) is 0.814. The molecular weight excluding hydrogens is 342 g/mol. The summed E-state index contributed by atoms with van der Waals surface area (Å²) in [4.78, 5) is 30.9. The number of aromatic nitrogens is 1. The van der Waals surface area contributed by atoms with Crippen molar-refractivity contribution in [1.29, 1.82) is 0 Å². The summed E-state index contributed by atoms with van der Waals surface area (Å²) in [6.45, 7) is 5.52. The van der Waals surface area contributed by atoms with Crippen LogP contribution in [0.4, 0.5) is 0 Å². The van der Waals surface area contributed by atoms with E-state index >= 15 is 0 Å². The van der Waals surface area contributed by atoms with Crippen molar-refractivity contribution in [2.45, 2.75) is 51.6 Å². The number of hydrogen-bond acceptors (Lipinski definition) is 5. The number of ketones is 1. The highest BCUT2D eigenvalue weighted by atomic mass is 16.5.